The van der Waals surface area contributed by atoms with Crippen LogP contribution in [0.5, 0.6) is 0 Å². The van der Waals surface area contributed by atoms with Crippen molar-refractivity contribution in [1.29, 1.82) is 0 Å². The molecular weight excluding hydrogens is 188 g/mol. The SMILES string of the molecule is NCOC(=O)CCCCC(=O)OCN. The highest BCUT2D eigenvalue weighted by molar-refractivity contribution is 5.70. The smallest absolute Gasteiger partial charge is 0.307 e. The van der Waals surface area contributed by atoms with Crippen molar-refractivity contribution in [3.8, 4) is 0 Å². The predicted octanol–water partition coefficient (Wildman–Crippen LogP) is -0.534. The van der Waals surface area contributed by atoms with E-state index in [2.05, 4.69) is 9.47 Å². The molecule has 0 atom stereocenters. The van der Waals surface area contributed by atoms with Gasteiger partial charge in [0.1, 0.15) is 13.5 Å². The third-order valence-corrected chi connectivity index (χ3v) is 1.50. The molecule has 0 aliphatic rings. The second-order valence-corrected chi connectivity index (χ2v) is 2.57. The number of hydrogen-bond donors (Lipinski definition) is 2. The van der Waals surface area contributed by atoms with E-state index < -0.39 is 0 Å². The fourth-order valence-electron chi connectivity index (χ4n) is 0.869. The van der Waals surface area contributed by atoms with Crippen LogP contribution < -0.4 is 11.5 Å². The molecule has 0 aromatic heterocycles. The molecule has 6 heteroatoms. The van der Waals surface area contributed by atoms with Gasteiger partial charge in [0, 0.05) is 12.8 Å². The zero-order chi connectivity index (χ0) is 10.8. The van der Waals surface area contributed by atoms with Crippen LogP contribution in [0.3, 0.4) is 0 Å². The quantitative estimate of drug-likeness (QED) is 0.328. The van der Waals surface area contributed by atoms with Crippen molar-refractivity contribution in [2.45, 2.75) is 25.7 Å². The number of unbranched alkanes of at least 4 members (excludes halogenated alkanes) is 1. The molecule has 0 radical (unpaired) electrons. The Morgan fingerprint density at radius 3 is 1.50 bits per heavy atom. The minimum absolute atomic E-state index is 0.103. The molecule has 0 saturated carbocycles. The maximum Gasteiger partial charge on any atom is 0.307 e. The minimum Gasteiger partial charge on any atom is -0.450 e. The molecule has 0 rings (SSSR count). The zero-order valence-electron chi connectivity index (χ0n) is 8.03. The third kappa shape index (κ3) is 7.51. The number of carbonyl (C=O) groups is 2. The summed E-state index contributed by atoms with van der Waals surface area (Å²) in [6.45, 7) is -0.206. The van der Waals surface area contributed by atoms with Crippen LogP contribution in [0.2, 0.25) is 0 Å². The molecule has 0 aliphatic carbocycles. The van der Waals surface area contributed by atoms with Crippen LogP contribution in [-0.2, 0) is 19.1 Å². The van der Waals surface area contributed by atoms with Crippen molar-refractivity contribution in [2.75, 3.05) is 13.5 Å². The van der Waals surface area contributed by atoms with E-state index in [0.29, 0.717) is 12.8 Å². The van der Waals surface area contributed by atoms with Crippen LogP contribution in [0.25, 0.3) is 0 Å². The molecule has 0 spiro atoms. The molecule has 0 aromatic rings. The summed E-state index contributed by atoms with van der Waals surface area (Å²) in [6, 6.07) is 0. The molecule has 82 valence electrons. The summed E-state index contributed by atoms with van der Waals surface area (Å²) in [5.41, 5.74) is 9.98. The first kappa shape index (κ1) is 12.9. The molecule has 0 bridgehead atoms. The van der Waals surface area contributed by atoms with Gasteiger partial charge in [0.15, 0.2) is 0 Å². The summed E-state index contributed by atoms with van der Waals surface area (Å²) in [5, 5.41) is 0. The molecule has 0 unspecified atom stereocenters. The molecule has 4 N–H and O–H groups in total. The Kier molecular flexibility index (Phi) is 7.77. The largest absolute Gasteiger partial charge is 0.450 e. The Hall–Kier alpha value is -1.14. The number of carbonyl (C=O) groups excluding carboxylic acids is 2. The normalized spacial score (nSPS) is 9.57. The molecule has 0 fully saturated rings. The van der Waals surface area contributed by atoms with Crippen molar-refractivity contribution in [1.82, 2.24) is 0 Å². The summed E-state index contributed by atoms with van der Waals surface area (Å²) in [4.78, 5) is 21.6. The summed E-state index contributed by atoms with van der Waals surface area (Å²) in [6.07, 6.45) is 1.71. The summed E-state index contributed by atoms with van der Waals surface area (Å²) in [5.74, 6) is -0.695. The first-order valence-corrected chi connectivity index (χ1v) is 4.42. The van der Waals surface area contributed by atoms with Crippen LogP contribution in [0.4, 0.5) is 0 Å². The molecule has 6 nitrogen and oxygen atoms in total. The van der Waals surface area contributed by atoms with Crippen molar-refractivity contribution in [3.63, 3.8) is 0 Å². The first-order valence-electron chi connectivity index (χ1n) is 4.42. The van der Waals surface area contributed by atoms with Gasteiger partial charge in [-0.2, -0.15) is 0 Å². The zero-order valence-corrected chi connectivity index (χ0v) is 8.03. The summed E-state index contributed by atoms with van der Waals surface area (Å²) in [7, 11) is 0. The van der Waals surface area contributed by atoms with E-state index in [-0.39, 0.29) is 38.2 Å². The standard InChI is InChI=1S/C8H16N2O4/c9-5-13-7(11)3-1-2-4-8(12)14-6-10/h1-6,9-10H2. The van der Waals surface area contributed by atoms with E-state index in [9.17, 15) is 9.59 Å². The van der Waals surface area contributed by atoms with Gasteiger partial charge in [0.25, 0.3) is 0 Å². The number of ether oxygens (including phenoxy) is 2. The summed E-state index contributed by atoms with van der Waals surface area (Å²) < 4.78 is 9.00. The van der Waals surface area contributed by atoms with Crippen LogP contribution in [-0.4, -0.2) is 25.4 Å². The second kappa shape index (κ2) is 8.46. The van der Waals surface area contributed by atoms with Crippen molar-refractivity contribution in [3.05, 3.63) is 0 Å². The average molecular weight is 204 g/mol. The van der Waals surface area contributed by atoms with Gasteiger partial charge in [-0.1, -0.05) is 0 Å². The van der Waals surface area contributed by atoms with E-state index in [4.69, 9.17) is 11.5 Å². The highest BCUT2D eigenvalue weighted by atomic mass is 16.5. The highest BCUT2D eigenvalue weighted by Gasteiger charge is 2.04. The van der Waals surface area contributed by atoms with Gasteiger partial charge in [-0.25, -0.2) is 0 Å². The van der Waals surface area contributed by atoms with Gasteiger partial charge in [-0.15, -0.1) is 0 Å². The Morgan fingerprint density at radius 2 is 1.21 bits per heavy atom. The van der Waals surface area contributed by atoms with E-state index >= 15 is 0 Å². The second-order valence-electron chi connectivity index (χ2n) is 2.57. The first-order chi connectivity index (χ1) is 6.70. The predicted molar refractivity (Wildman–Crippen MR) is 48.8 cm³/mol. The number of rotatable bonds is 7. The number of esters is 2. The lowest BCUT2D eigenvalue weighted by Crippen LogP contribution is -2.13. The molecular formula is C8H16N2O4. The van der Waals surface area contributed by atoms with Crippen LogP contribution >= 0.6 is 0 Å². The Morgan fingerprint density at radius 1 is 0.857 bits per heavy atom. The molecule has 14 heavy (non-hydrogen) atoms. The van der Waals surface area contributed by atoms with Crippen molar-refractivity contribution >= 4 is 11.9 Å². The van der Waals surface area contributed by atoms with Gasteiger partial charge in [-0.05, 0) is 12.8 Å². The van der Waals surface area contributed by atoms with Gasteiger partial charge >= 0.3 is 11.9 Å². The fourth-order valence-corrected chi connectivity index (χ4v) is 0.869. The van der Waals surface area contributed by atoms with Gasteiger partial charge < -0.3 is 9.47 Å². The monoisotopic (exact) mass is 204 g/mol. The van der Waals surface area contributed by atoms with Gasteiger partial charge in [0.05, 0.1) is 0 Å². The van der Waals surface area contributed by atoms with Crippen molar-refractivity contribution in [2.24, 2.45) is 11.5 Å². The van der Waals surface area contributed by atoms with Crippen LogP contribution in [0.15, 0.2) is 0 Å². The molecule has 0 aromatic carbocycles. The van der Waals surface area contributed by atoms with Crippen LogP contribution in [0.1, 0.15) is 25.7 Å². The van der Waals surface area contributed by atoms with Crippen molar-refractivity contribution < 1.29 is 19.1 Å². The molecule has 0 aliphatic heterocycles. The topological polar surface area (TPSA) is 105 Å². The third-order valence-electron chi connectivity index (χ3n) is 1.50. The molecule has 0 heterocycles. The van der Waals surface area contributed by atoms with E-state index in [0.717, 1.165) is 0 Å². The van der Waals surface area contributed by atoms with E-state index in [1.807, 2.05) is 0 Å². The highest BCUT2D eigenvalue weighted by Crippen LogP contribution is 2.02. The lowest BCUT2D eigenvalue weighted by molar-refractivity contribution is -0.145. The number of hydrogen-bond acceptors (Lipinski definition) is 6. The minimum atomic E-state index is -0.348. The van der Waals surface area contributed by atoms with E-state index in [1.54, 1.807) is 0 Å². The van der Waals surface area contributed by atoms with Gasteiger partial charge in [0.2, 0.25) is 0 Å². The maximum absolute atomic E-state index is 10.8. The van der Waals surface area contributed by atoms with E-state index in [1.165, 1.54) is 0 Å². The lowest BCUT2D eigenvalue weighted by atomic mass is 10.2. The molecule has 0 saturated heterocycles. The molecule has 0 amide bonds. The Bertz CT molecular complexity index is 164. The summed E-state index contributed by atoms with van der Waals surface area (Å²) >= 11 is 0. The Labute approximate surface area is 82.5 Å². The average Bonchev–Trinajstić information content (AvgIpc) is 2.13. The van der Waals surface area contributed by atoms with Crippen LogP contribution in [0, 0.1) is 0 Å². The van der Waals surface area contributed by atoms with Gasteiger partial charge in [-0.3, -0.25) is 21.1 Å². The number of nitrogens with two attached hydrogens (primary N) is 2. The lowest BCUT2D eigenvalue weighted by Gasteiger charge is -2.02. The fraction of sp³-hybridized carbons (Fsp3) is 0.750. The maximum atomic E-state index is 10.8. The Balaban J connectivity index is 3.28.